The molecule has 18 heavy (non-hydrogen) atoms. The minimum Gasteiger partial charge on any atom is -0.478 e. The molecule has 0 fully saturated rings. The third-order valence-corrected chi connectivity index (χ3v) is 2.43. The molecule has 2 aromatic heterocycles. The van der Waals surface area contributed by atoms with E-state index >= 15 is 0 Å². The summed E-state index contributed by atoms with van der Waals surface area (Å²) in [6, 6.07) is 4.75. The van der Waals surface area contributed by atoms with Crippen LogP contribution in [0.5, 0.6) is 0 Å². The fourth-order valence-electron chi connectivity index (χ4n) is 1.64. The maximum atomic E-state index is 11.1. The van der Waals surface area contributed by atoms with Crippen LogP contribution < -0.4 is 0 Å². The number of carbonyl (C=O) groups is 1. The Bertz CT molecular complexity index is 722. The summed E-state index contributed by atoms with van der Waals surface area (Å²) >= 11 is 0. The lowest BCUT2D eigenvalue weighted by molar-refractivity contribution is 0.0699. The summed E-state index contributed by atoms with van der Waals surface area (Å²) in [6.45, 7) is 0. The Balaban J connectivity index is 2.23. The summed E-state index contributed by atoms with van der Waals surface area (Å²) in [5.74, 6) is -0.786. The maximum Gasteiger partial charge on any atom is 0.338 e. The van der Waals surface area contributed by atoms with Crippen LogP contribution in [-0.2, 0) is 0 Å². The van der Waals surface area contributed by atoms with Gasteiger partial charge in [-0.05, 0) is 12.1 Å². The summed E-state index contributed by atoms with van der Waals surface area (Å²) in [4.78, 5) is 23.2. The number of oxazole rings is 1. The normalized spacial score (nSPS) is 10.7. The van der Waals surface area contributed by atoms with Gasteiger partial charge in [-0.1, -0.05) is 6.07 Å². The molecule has 1 aromatic carbocycles. The van der Waals surface area contributed by atoms with Gasteiger partial charge in [-0.2, -0.15) is 0 Å². The number of hydrogen-bond acceptors (Lipinski definition) is 5. The number of nitrogens with zero attached hydrogens (tertiary/aromatic N) is 3. The molecule has 0 radical (unpaired) electrons. The quantitative estimate of drug-likeness (QED) is 0.737. The molecule has 2 heterocycles. The lowest BCUT2D eigenvalue weighted by Crippen LogP contribution is -1.96. The number of carboxylic acids is 1. The third-order valence-electron chi connectivity index (χ3n) is 2.43. The van der Waals surface area contributed by atoms with Crippen molar-refractivity contribution >= 4 is 17.1 Å². The first-order valence-electron chi connectivity index (χ1n) is 5.15. The molecule has 88 valence electrons. The third kappa shape index (κ3) is 1.60. The highest BCUT2D eigenvalue weighted by atomic mass is 16.4. The van der Waals surface area contributed by atoms with Crippen LogP contribution in [0.2, 0.25) is 0 Å². The van der Waals surface area contributed by atoms with Crippen LogP contribution in [0.4, 0.5) is 0 Å². The van der Waals surface area contributed by atoms with Gasteiger partial charge in [0.25, 0.3) is 0 Å². The molecule has 6 nitrogen and oxygen atoms in total. The van der Waals surface area contributed by atoms with Gasteiger partial charge >= 0.3 is 5.97 Å². The Morgan fingerprint density at radius 2 is 2.17 bits per heavy atom. The van der Waals surface area contributed by atoms with E-state index in [1.165, 1.54) is 24.7 Å². The topological polar surface area (TPSA) is 89.1 Å². The molecule has 3 rings (SSSR count). The summed E-state index contributed by atoms with van der Waals surface area (Å²) in [6.07, 6.45) is 4.56. The molecule has 0 saturated heterocycles. The van der Waals surface area contributed by atoms with Gasteiger partial charge in [0.05, 0.1) is 11.8 Å². The second kappa shape index (κ2) is 3.92. The van der Waals surface area contributed by atoms with Gasteiger partial charge < -0.3 is 9.52 Å². The van der Waals surface area contributed by atoms with Crippen molar-refractivity contribution in [1.82, 2.24) is 15.0 Å². The van der Waals surface area contributed by atoms with Crippen LogP contribution in [0.1, 0.15) is 10.4 Å². The zero-order valence-electron chi connectivity index (χ0n) is 9.07. The van der Waals surface area contributed by atoms with Gasteiger partial charge in [0.15, 0.2) is 5.58 Å². The number of fused-ring (bicyclic) bond motifs is 1. The van der Waals surface area contributed by atoms with Crippen molar-refractivity contribution in [2.75, 3.05) is 0 Å². The Labute approximate surface area is 101 Å². The minimum atomic E-state index is -1.04. The van der Waals surface area contributed by atoms with Crippen molar-refractivity contribution < 1.29 is 14.3 Å². The number of rotatable bonds is 2. The average Bonchev–Trinajstić information content (AvgIpc) is 2.83. The highest BCUT2D eigenvalue weighted by Gasteiger charge is 2.15. The van der Waals surface area contributed by atoms with Crippen molar-refractivity contribution in [3.05, 3.63) is 42.4 Å². The van der Waals surface area contributed by atoms with E-state index in [1.807, 2.05) is 0 Å². The fourth-order valence-corrected chi connectivity index (χ4v) is 1.64. The molecule has 0 atom stereocenters. The summed E-state index contributed by atoms with van der Waals surface area (Å²) in [7, 11) is 0. The predicted octanol–water partition coefficient (Wildman–Crippen LogP) is 1.98. The molecular formula is C12H7N3O3. The predicted molar refractivity (Wildman–Crippen MR) is 62.0 cm³/mol. The van der Waals surface area contributed by atoms with E-state index in [-0.39, 0.29) is 11.5 Å². The van der Waals surface area contributed by atoms with Crippen LogP contribution in [-0.4, -0.2) is 26.0 Å². The maximum absolute atomic E-state index is 11.1. The van der Waals surface area contributed by atoms with E-state index in [9.17, 15) is 4.79 Å². The number of benzene rings is 1. The standard InChI is InChI=1S/C12H7N3O3/c16-12(17)7-2-1-3-9-10(7)15-11(18-9)8-6-13-4-5-14-8/h1-6H,(H,16,17). The Hall–Kier alpha value is -2.76. The van der Waals surface area contributed by atoms with Crippen LogP contribution >= 0.6 is 0 Å². The number of carboxylic acid groups (broad SMARTS) is 1. The molecule has 0 aliphatic rings. The number of para-hydroxylation sites is 1. The van der Waals surface area contributed by atoms with Crippen LogP contribution in [0.3, 0.4) is 0 Å². The van der Waals surface area contributed by atoms with E-state index in [1.54, 1.807) is 12.1 Å². The molecule has 1 N–H and O–H groups in total. The largest absolute Gasteiger partial charge is 0.478 e. The molecule has 0 amide bonds. The smallest absolute Gasteiger partial charge is 0.338 e. The van der Waals surface area contributed by atoms with Gasteiger partial charge in [-0.3, -0.25) is 4.98 Å². The molecule has 0 spiro atoms. The minimum absolute atomic E-state index is 0.103. The Morgan fingerprint density at radius 1 is 1.28 bits per heavy atom. The van der Waals surface area contributed by atoms with Crippen LogP contribution in [0.15, 0.2) is 41.2 Å². The first kappa shape index (κ1) is 10.4. The van der Waals surface area contributed by atoms with E-state index in [0.29, 0.717) is 16.8 Å². The number of aromatic carboxylic acids is 1. The SMILES string of the molecule is O=C(O)c1cccc2oc(-c3cnccn3)nc12. The zero-order chi connectivity index (χ0) is 12.5. The zero-order valence-corrected chi connectivity index (χ0v) is 9.07. The summed E-state index contributed by atoms with van der Waals surface area (Å²) in [5.41, 5.74) is 1.29. The first-order valence-corrected chi connectivity index (χ1v) is 5.15. The molecule has 6 heteroatoms. The monoisotopic (exact) mass is 241 g/mol. The van der Waals surface area contributed by atoms with E-state index < -0.39 is 5.97 Å². The highest BCUT2D eigenvalue weighted by Crippen LogP contribution is 2.24. The van der Waals surface area contributed by atoms with Gasteiger partial charge in [0, 0.05) is 12.4 Å². The molecule has 0 bridgehead atoms. The lowest BCUT2D eigenvalue weighted by atomic mass is 10.2. The van der Waals surface area contributed by atoms with Crippen molar-refractivity contribution in [2.24, 2.45) is 0 Å². The van der Waals surface area contributed by atoms with E-state index in [4.69, 9.17) is 9.52 Å². The molecular weight excluding hydrogens is 234 g/mol. The lowest BCUT2D eigenvalue weighted by Gasteiger charge is -1.92. The second-order valence-electron chi connectivity index (χ2n) is 3.57. The van der Waals surface area contributed by atoms with Crippen molar-refractivity contribution in [3.63, 3.8) is 0 Å². The number of aromatic nitrogens is 3. The van der Waals surface area contributed by atoms with E-state index in [2.05, 4.69) is 15.0 Å². The van der Waals surface area contributed by atoms with Crippen LogP contribution in [0.25, 0.3) is 22.7 Å². The van der Waals surface area contributed by atoms with Gasteiger partial charge in [-0.25, -0.2) is 14.8 Å². The van der Waals surface area contributed by atoms with Crippen LogP contribution in [0, 0.1) is 0 Å². The fraction of sp³-hybridized carbons (Fsp3) is 0. The van der Waals surface area contributed by atoms with Gasteiger partial charge in [0.1, 0.15) is 11.2 Å². The van der Waals surface area contributed by atoms with Crippen molar-refractivity contribution in [1.29, 1.82) is 0 Å². The highest BCUT2D eigenvalue weighted by molar-refractivity contribution is 6.00. The summed E-state index contributed by atoms with van der Waals surface area (Å²) < 4.78 is 5.47. The van der Waals surface area contributed by atoms with Gasteiger partial charge in [-0.15, -0.1) is 0 Å². The van der Waals surface area contributed by atoms with Crippen molar-refractivity contribution in [2.45, 2.75) is 0 Å². The Morgan fingerprint density at radius 3 is 2.89 bits per heavy atom. The van der Waals surface area contributed by atoms with E-state index in [0.717, 1.165) is 0 Å². The molecule has 3 aromatic rings. The average molecular weight is 241 g/mol. The summed E-state index contributed by atoms with van der Waals surface area (Å²) in [5, 5.41) is 9.05. The second-order valence-corrected chi connectivity index (χ2v) is 3.57. The molecule has 0 unspecified atom stereocenters. The molecule has 0 aliphatic carbocycles. The van der Waals surface area contributed by atoms with Crippen molar-refractivity contribution in [3.8, 4) is 11.6 Å². The molecule has 0 aliphatic heterocycles. The Kier molecular flexibility index (Phi) is 2.26. The van der Waals surface area contributed by atoms with Gasteiger partial charge in [0.2, 0.25) is 5.89 Å². The number of hydrogen-bond donors (Lipinski definition) is 1. The molecule has 0 saturated carbocycles. The first-order chi connectivity index (χ1) is 8.75.